The third-order valence-electron chi connectivity index (χ3n) is 6.35. The summed E-state index contributed by atoms with van der Waals surface area (Å²) >= 11 is 6.13. The van der Waals surface area contributed by atoms with E-state index in [9.17, 15) is 20.0 Å². The Morgan fingerprint density at radius 1 is 1.19 bits per heavy atom. The molecule has 0 fully saturated rings. The highest BCUT2D eigenvalue weighted by Crippen LogP contribution is 2.39. The SMILES string of the molecule is Cl.O=C(NCCc1ccccn1)c1ccc2cc(C(=O)N3CC(CCl)c4ccc([NH+]([O-])O)cc43)[nH]c2c1. The molecule has 3 heterocycles. The van der Waals surface area contributed by atoms with E-state index in [0.29, 0.717) is 47.9 Å². The molecule has 37 heavy (non-hydrogen) atoms. The third-order valence-corrected chi connectivity index (χ3v) is 6.72. The van der Waals surface area contributed by atoms with Crippen LogP contribution in [0.15, 0.2) is 66.9 Å². The van der Waals surface area contributed by atoms with Crippen LogP contribution in [-0.4, -0.2) is 46.0 Å². The molecule has 0 bridgehead atoms. The molecule has 1 aliphatic rings. The molecular formula is C26H25Cl2N5O4. The number of anilines is 1. The molecule has 1 aliphatic heterocycles. The summed E-state index contributed by atoms with van der Waals surface area (Å²) < 4.78 is 0. The van der Waals surface area contributed by atoms with E-state index in [1.807, 2.05) is 18.2 Å². The van der Waals surface area contributed by atoms with Gasteiger partial charge in [-0.15, -0.1) is 24.0 Å². The van der Waals surface area contributed by atoms with Crippen LogP contribution in [0.2, 0.25) is 0 Å². The molecule has 0 radical (unpaired) electrons. The van der Waals surface area contributed by atoms with Gasteiger partial charge in [-0.05, 0) is 35.9 Å². The zero-order valence-electron chi connectivity index (χ0n) is 19.6. The monoisotopic (exact) mass is 541 g/mol. The van der Waals surface area contributed by atoms with Gasteiger partial charge < -0.3 is 20.4 Å². The number of amides is 2. The average molecular weight is 542 g/mol. The number of fused-ring (bicyclic) bond motifs is 2. The molecular weight excluding hydrogens is 517 g/mol. The summed E-state index contributed by atoms with van der Waals surface area (Å²) in [5.74, 6) is -0.271. The molecule has 4 aromatic rings. The van der Waals surface area contributed by atoms with Crippen molar-refractivity contribution < 1.29 is 20.0 Å². The topological polar surface area (TPSA) is 126 Å². The summed E-state index contributed by atoms with van der Waals surface area (Å²) in [6, 6.07) is 17.4. The number of pyridine rings is 1. The molecule has 2 atom stereocenters. The van der Waals surface area contributed by atoms with E-state index in [-0.39, 0.29) is 35.8 Å². The van der Waals surface area contributed by atoms with Crippen molar-refractivity contribution in [1.29, 1.82) is 0 Å². The lowest BCUT2D eigenvalue weighted by atomic mass is 10.0. The summed E-state index contributed by atoms with van der Waals surface area (Å²) in [5.41, 5.74) is 3.89. The number of benzene rings is 2. The fraction of sp³-hybridized carbons (Fsp3) is 0.192. The third kappa shape index (κ3) is 5.46. The van der Waals surface area contributed by atoms with Crippen LogP contribution in [0.1, 0.15) is 38.0 Å². The lowest BCUT2D eigenvalue weighted by Crippen LogP contribution is -2.99. The molecule has 2 amide bonds. The van der Waals surface area contributed by atoms with Gasteiger partial charge in [-0.2, -0.15) is 5.23 Å². The Balaban J connectivity index is 0.00000320. The molecule has 0 saturated heterocycles. The largest absolute Gasteiger partial charge is 0.595 e. The highest BCUT2D eigenvalue weighted by molar-refractivity contribution is 6.19. The fourth-order valence-electron chi connectivity index (χ4n) is 4.48. The first-order chi connectivity index (χ1) is 17.4. The standard InChI is InChI=1S/C26H24ClN5O4.ClH/c27-14-18-15-31(24-13-20(32(35)36)6-7-21(18)24)26(34)23-11-16-4-5-17(12-22(16)30-23)25(33)29-10-8-19-3-1-2-9-28-19;/h1-7,9,11-13,18,30,32,35H,8,10,14-15H2,(H,29,33);1H. The van der Waals surface area contributed by atoms with E-state index in [1.54, 1.807) is 41.4 Å². The normalized spacial score (nSPS) is 15.2. The number of hydrogen-bond donors (Lipinski definition) is 4. The maximum Gasteiger partial charge on any atom is 0.274 e. The molecule has 9 nitrogen and oxygen atoms in total. The Morgan fingerprint density at radius 2 is 2.03 bits per heavy atom. The van der Waals surface area contributed by atoms with Crippen LogP contribution in [0.3, 0.4) is 0 Å². The van der Waals surface area contributed by atoms with Gasteiger partial charge in [0.25, 0.3) is 11.8 Å². The summed E-state index contributed by atoms with van der Waals surface area (Å²) in [7, 11) is 0. The first-order valence-corrected chi connectivity index (χ1v) is 12.0. The smallest absolute Gasteiger partial charge is 0.274 e. The Morgan fingerprint density at radius 3 is 2.76 bits per heavy atom. The van der Waals surface area contributed by atoms with Crippen LogP contribution in [0, 0.1) is 5.21 Å². The predicted octanol–water partition coefficient (Wildman–Crippen LogP) is 3.34. The lowest BCUT2D eigenvalue weighted by molar-refractivity contribution is -0.991. The maximum absolute atomic E-state index is 13.4. The molecule has 5 rings (SSSR count). The summed E-state index contributed by atoms with van der Waals surface area (Å²) in [5, 5.41) is 23.5. The molecule has 0 saturated carbocycles. The summed E-state index contributed by atoms with van der Waals surface area (Å²) in [6.07, 6.45) is 2.34. The van der Waals surface area contributed by atoms with Gasteiger partial charge in [-0.1, -0.05) is 18.2 Å². The van der Waals surface area contributed by atoms with Crippen LogP contribution in [0.25, 0.3) is 10.9 Å². The van der Waals surface area contributed by atoms with Crippen LogP contribution in [0.5, 0.6) is 0 Å². The summed E-state index contributed by atoms with van der Waals surface area (Å²) in [6.45, 7) is 0.816. The molecule has 4 N–H and O–H groups in total. The number of aromatic amines is 1. The Hall–Kier alpha value is -3.47. The van der Waals surface area contributed by atoms with Crippen molar-refractivity contribution in [1.82, 2.24) is 15.3 Å². The molecule has 2 aromatic carbocycles. The minimum Gasteiger partial charge on any atom is -0.595 e. The highest BCUT2D eigenvalue weighted by atomic mass is 35.5. The predicted molar refractivity (Wildman–Crippen MR) is 143 cm³/mol. The number of halogens is 2. The lowest BCUT2D eigenvalue weighted by Gasteiger charge is -2.18. The molecule has 2 unspecified atom stereocenters. The van der Waals surface area contributed by atoms with Gasteiger partial charge in [-0.3, -0.25) is 14.6 Å². The van der Waals surface area contributed by atoms with Gasteiger partial charge in [0.05, 0.1) is 5.69 Å². The van der Waals surface area contributed by atoms with Crippen LogP contribution in [0.4, 0.5) is 11.4 Å². The average Bonchev–Trinajstić information content (AvgIpc) is 3.49. The van der Waals surface area contributed by atoms with Gasteiger partial charge >= 0.3 is 0 Å². The van der Waals surface area contributed by atoms with Gasteiger partial charge in [0, 0.05) is 71.8 Å². The Kier molecular flexibility index (Phi) is 8.11. The second-order valence-corrected chi connectivity index (χ2v) is 8.97. The summed E-state index contributed by atoms with van der Waals surface area (Å²) in [4.78, 5) is 35.0. The van der Waals surface area contributed by atoms with Crippen LogP contribution >= 0.6 is 24.0 Å². The minimum absolute atomic E-state index is 0. The van der Waals surface area contributed by atoms with Crippen molar-refractivity contribution >= 4 is 58.1 Å². The fourth-order valence-corrected chi connectivity index (χ4v) is 4.74. The van der Waals surface area contributed by atoms with E-state index in [1.165, 1.54) is 12.1 Å². The number of alkyl halides is 1. The van der Waals surface area contributed by atoms with Crippen molar-refractivity contribution in [2.24, 2.45) is 0 Å². The van der Waals surface area contributed by atoms with Gasteiger partial charge in [0.2, 0.25) is 0 Å². The first-order valence-electron chi connectivity index (χ1n) is 11.5. The first kappa shape index (κ1) is 26.6. The zero-order valence-corrected chi connectivity index (χ0v) is 21.2. The maximum atomic E-state index is 13.4. The Bertz CT molecular complexity index is 1430. The molecule has 11 heteroatoms. The Labute approximate surface area is 224 Å². The second-order valence-electron chi connectivity index (χ2n) is 8.66. The van der Waals surface area contributed by atoms with Crippen LogP contribution in [-0.2, 0) is 6.42 Å². The van der Waals surface area contributed by atoms with E-state index < -0.39 is 5.23 Å². The number of carbonyl (C=O) groups is 2. The molecule has 2 aromatic heterocycles. The number of H-pyrrole nitrogens is 1. The van der Waals surface area contributed by atoms with Crippen LogP contribution < -0.4 is 15.4 Å². The van der Waals surface area contributed by atoms with Crippen molar-refractivity contribution in [3.8, 4) is 0 Å². The number of hydrogen-bond acceptors (Lipinski definition) is 5. The van der Waals surface area contributed by atoms with Crippen molar-refractivity contribution in [2.75, 3.05) is 23.9 Å². The van der Waals surface area contributed by atoms with E-state index >= 15 is 0 Å². The van der Waals surface area contributed by atoms with Crippen molar-refractivity contribution in [3.05, 3.63) is 94.6 Å². The highest BCUT2D eigenvalue weighted by Gasteiger charge is 2.34. The van der Waals surface area contributed by atoms with Crippen molar-refractivity contribution in [3.63, 3.8) is 0 Å². The number of carbonyl (C=O) groups excluding carboxylic acids is 2. The molecule has 0 aliphatic carbocycles. The molecule has 0 spiro atoms. The van der Waals surface area contributed by atoms with E-state index in [4.69, 9.17) is 11.6 Å². The molecule has 192 valence electrons. The van der Waals surface area contributed by atoms with E-state index in [2.05, 4.69) is 15.3 Å². The van der Waals surface area contributed by atoms with Gasteiger partial charge in [0.1, 0.15) is 5.69 Å². The van der Waals surface area contributed by atoms with E-state index in [0.717, 1.165) is 16.6 Å². The number of rotatable bonds is 7. The number of nitrogens with zero attached hydrogens (tertiary/aromatic N) is 2. The zero-order chi connectivity index (χ0) is 25.2. The van der Waals surface area contributed by atoms with Gasteiger partial charge in [0.15, 0.2) is 5.69 Å². The van der Waals surface area contributed by atoms with Crippen molar-refractivity contribution in [2.45, 2.75) is 12.3 Å². The second kappa shape index (κ2) is 11.3. The number of aromatic nitrogens is 2. The minimum atomic E-state index is -1.06. The van der Waals surface area contributed by atoms with Gasteiger partial charge in [-0.25, -0.2) is 5.21 Å². The quantitative estimate of drug-likeness (QED) is 0.211. The number of nitrogens with one attached hydrogen (secondary N) is 3. The number of quaternary nitrogens is 1.